The van der Waals surface area contributed by atoms with Crippen LogP contribution < -0.4 is 10.9 Å². The van der Waals surface area contributed by atoms with Gasteiger partial charge >= 0.3 is 5.91 Å². The van der Waals surface area contributed by atoms with E-state index in [2.05, 4.69) is 10.9 Å². The average Bonchev–Trinajstić information content (AvgIpc) is 3.13. The van der Waals surface area contributed by atoms with Crippen LogP contribution in [0.3, 0.4) is 0 Å². The Labute approximate surface area is 124 Å². The summed E-state index contributed by atoms with van der Waals surface area (Å²) in [7, 11) is 0. The van der Waals surface area contributed by atoms with Crippen LogP contribution in [0.1, 0.15) is 25.8 Å². The van der Waals surface area contributed by atoms with Crippen LogP contribution >= 0.6 is 11.3 Å². The Morgan fingerprint density at radius 1 is 1.05 bits per heavy atom. The number of hydrogen-bond acceptors (Lipinski definition) is 4. The number of fused-ring (bicyclic) bond motifs is 1. The molecule has 3 aromatic rings. The first-order valence-electron chi connectivity index (χ1n) is 6.29. The summed E-state index contributed by atoms with van der Waals surface area (Å²) >= 11 is 1.30. The minimum absolute atomic E-state index is 0.197. The summed E-state index contributed by atoms with van der Waals surface area (Å²) in [5, 5.41) is 2.67. The smallest absolute Gasteiger partial charge is 0.305 e. The first-order chi connectivity index (χ1) is 10.2. The first-order valence-corrected chi connectivity index (χ1v) is 7.17. The largest absolute Gasteiger partial charge is 0.451 e. The van der Waals surface area contributed by atoms with Gasteiger partial charge in [0.15, 0.2) is 5.76 Å². The number of aryl methyl sites for hydroxylation is 1. The summed E-state index contributed by atoms with van der Waals surface area (Å²) in [4.78, 5) is 24.4. The topological polar surface area (TPSA) is 71.3 Å². The molecule has 0 radical (unpaired) electrons. The number of para-hydroxylation sites is 1. The van der Waals surface area contributed by atoms with Crippen molar-refractivity contribution in [3.63, 3.8) is 0 Å². The Balaban J connectivity index is 1.75. The van der Waals surface area contributed by atoms with E-state index < -0.39 is 5.91 Å². The second-order valence-electron chi connectivity index (χ2n) is 4.44. The van der Waals surface area contributed by atoms with E-state index in [1.54, 1.807) is 23.6 Å². The van der Waals surface area contributed by atoms with E-state index in [0.717, 1.165) is 10.9 Å². The van der Waals surface area contributed by atoms with Crippen LogP contribution in [0.4, 0.5) is 0 Å². The monoisotopic (exact) mass is 300 g/mol. The molecule has 21 heavy (non-hydrogen) atoms. The molecule has 0 bridgehead atoms. The van der Waals surface area contributed by atoms with Gasteiger partial charge in [0, 0.05) is 10.9 Å². The zero-order chi connectivity index (χ0) is 14.8. The molecule has 0 atom stereocenters. The molecule has 1 aromatic carbocycles. The number of carbonyl (C=O) groups is 2. The van der Waals surface area contributed by atoms with Crippen LogP contribution in [0.15, 0.2) is 46.2 Å². The Morgan fingerprint density at radius 3 is 2.52 bits per heavy atom. The lowest BCUT2D eigenvalue weighted by Gasteiger charge is -2.04. The number of rotatable bonds is 2. The van der Waals surface area contributed by atoms with Crippen molar-refractivity contribution >= 4 is 34.1 Å². The lowest BCUT2D eigenvalue weighted by atomic mass is 10.1. The average molecular weight is 300 g/mol. The van der Waals surface area contributed by atoms with E-state index in [1.165, 1.54) is 11.3 Å². The molecule has 0 aliphatic carbocycles. The van der Waals surface area contributed by atoms with Gasteiger partial charge in [0.2, 0.25) is 0 Å². The van der Waals surface area contributed by atoms with Crippen LogP contribution in [-0.2, 0) is 0 Å². The molecule has 0 aliphatic heterocycles. The Kier molecular flexibility index (Phi) is 3.45. The molecule has 0 unspecified atom stereocenters. The van der Waals surface area contributed by atoms with Crippen LogP contribution in [0.5, 0.6) is 0 Å². The van der Waals surface area contributed by atoms with Crippen molar-refractivity contribution in [2.24, 2.45) is 0 Å². The van der Waals surface area contributed by atoms with E-state index in [9.17, 15) is 9.59 Å². The zero-order valence-corrected chi connectivity index (χ0v) is 12.0. The van der Waals surface area contributed by atoms with Gasteiger partial charge in [-0.3, -0.25) is 20.4 Å². The number of carbonyl (C=O) groups excluding carboxylic acids is 2. The van der Waals surface area contributed by atoms with Crippen molar-refractivity contribution in [1.29, 1.82) is 0 Å². The number of hydrazine groups is 1. The van der Waals surface area contributed by atoms with Gasteiger partial charge in [-0.2, -0.15) is 0 Å². The fraction of sp³-hybridized carbons (Fsp3) is 0.0667. The molecule has 2 heterocycles. The quantitative estimate of drug-likeness (QED) is 0.715. The van der Waals surface area contributed by atoms with Crippen molar-refractivity contribution in [3.05, 3.63) is 58.0 Å². The van der Waals surface area contributed by atoms with Gasteiger partial charge in [-0.05, 0) is 24.4 Å². The summed E-state index contributed by atoms with van der Waals surface area (Å²) < 4.78 is 5.52. The fourth-order valence-corrected chi connectivity index (χ4v) is 2.65. The molecule has 0 spiro atoms. The minimum atomic E-state index is -0.478. The predicted molar refractivity (Wildman–Crippen MR) is 80.2 cm³/mol. The SMILES string of the molecule is Cc1c(C(=O)NNC(=O)c2cccs2)oc2ccccc12. The van der Waals surface area contributed by atoms with E-state index in [4.69, 9.17) is 4.42 Å². The highest BCUT2D eigenvalue weighted by atomic mass is 32.1. The van der Waals surface area contributed by atoms with E-state index >= 15 is 0 Å². The van der Waals surface area contributed by atoms with Crippen LogP contribution in [0.25, 0.3) is 11.0 Å². The molecule has 6 heteroatoms. The molecule has 0 saturated heterocycles. The summed E-state index contributed by atoms with van der Waals surface area (Å²) in [6.07, 6.45) is 0. The van der Waals surface area contributed by atoms with Gasteiger partial charge < -0.3 is 4.42 Å². The maximum Gasteiger partial charge on any atom is 0.305 e. The minimum Gasteiger partial charge on any atom is -0.451 e. The third-order valence-corrected chi connectivity index (χ3v) is 3.95. The summed E-state index contributed by atoms with van der Waals surface area (Å²) in [5.74, 6) is -0.636. The molecular weight excluding hydrogens is 288 g/mol. The van der Waals surface area contributed by atoms with Gasteiger partial charge in [-0.15, -0.1) is 11.3 Å². The Hall–Kier alpha value is -2.60. The molecular formula is C15H12N2O3S. The van der Waals surface area contributed by atoms with Crippen molar-refractivity contribution in [1.82, 2.24) is 10.9 Å². The highest BCUT2D eigenvalue weighted by Crippen LogP contribution is 2.24. The van der Waals surface area contributed by atoms with Crippen molar-refractivity contribution < 1.29 is 14.0 Å². The molecule has 2 N–H and O–H groups in total. The molecule has 0 saturated carbocycles. The number of amides is 2. The molecule has 5 nitrogen and oxygen atoms in total. The van der Waals surface area contributed by atoms with Crippen LogP contribution in [0, 0.1) is 6.92 Å². The van der Waals surface area contributed by atoms with Gasteiger partial charge in [0.25, 0.3) is 5.91 Å². The molecule has 106 valence electrons. The summed E-state index contributed by atoms with van der Waals surface area (Å²) in [5.41, 5.74) is 6.12. The van der Waals surface area contributed by atoms with Gasteiger partial charge in [-0.1, -0.05) is 24.3 Å². The fourth-order valence-electron chi connectivity index (χ4n) is 2.03. The second kappa shape index (κ2) is 5.41. The van der Waals surface area contributed by atoms with Gasteiger partial charge in [-0.25, -0.2) is 0 Å². The van der Waals surface area contributed by atoms with E-state index in [-0.39, 0.29) is 11.7 Å². The van der Waals surface area contributed by atoms with E-state index in [0.29, 0.717) is 10.5 Å². The van der Waals surface area contributed by atoms with Gasteiger partial charge in [0.1, 0.15) is 5.58 Å². The Morgan fingerprint density at radius 2 is 1.81 bits per heavy atom. The van der Waals surface area contributed by atoms with Crippen molar-refractivity contribution in [2.45, 2.75) is 6.92 Å². The predicted octanol–water partition coefficient (Wildman–Crippen LogP) is 2.88. The highest BCUT2D eigenvalue weighted by Gasteiger charge is 2.18. The maximum absolute atomic E-state index is 12.1. The number of furan rings is 1. The third-order valence-electron chi connectivity index (χ3n) is 3.08. The van der Waals surface area contributed by atoms with E-state index in [1.807, 2.05) is 25.1 Å². The lowest BCUT2D eigenvalue weighted by molar-refractivity contribution is 0.0833. The molecule has 0 fully saturated rings. The normalized spacial score (nSPS) is 10.5. The van der Waals surface area contributed by atoms with Crippen molar-refractivity contribution in [2.75, 3.05) is 0 Å². The molecule has 0 aliphatic rings. The summed E-state index contributed by atoms with van der Waals surface area (Å²) in [6, 6.07) is 10.8. The lowest BCUT2D eigenvalue weighted by Crippen LogP contribution is -2.41. The second-order valence-corrected chi connectivity index (χ2v) is 5.39. The highest BCUT2D eigenvalue weighted by molar-refractivity contribution is 7.12. The van der Waals surface area contributed by atoms with Crippen LogP contribution in [-0.4, -0.2) is 11.8 Å². The van der Waals surface area contributed by atoms with Gasteiger partial charge in [0.05, 0.1) is 4.88 Å². The Bertz CT molecular complexity index is 806. The van der Waals surface area contributed by atoms with Crippen LogP contribution in [0.2, 0.25) is 0 Å². The third kappa shape index (κ3) is 2.53. The zero-order valence-electron chi connectivity index (χ0n) is 11.2. The number of thiophene rings is 1. The molecule has 3 rings (SSSR count). The number of benzene rings is 1. The first kappa shape index (κ1) is 13.4. The molecule has 2 aromatic heterocycles. The number of nitrogens with one attached hydrogen (secondary N) is 2. The molecule has 2 amide bonds. The van der Waals surface area contributed by atoms with Crippen molar-refractivity contribution in [3.8, 4) is 0 Å². The number of hydrogen-bond donors (Lipinski definition) is 2. The standard InChI is InChI=1S/C15H12N2O3S/c1-9-10-5-2-3-6-11(10)20-13(9)15(19)17-16-14(18)12-7-4-8-21-12/h2-8H,1H3,(H,16,18)(H,17,19). The maximum atomic E-state index is 12.1. The summed E-state index contributed by atoms with van der Waals surface area (Å²) in [6.45, 7) is 1.81.